The smallest absolute Gasteiger partial charge is 0.238 e. The van der Waals surface area contributed by atoms with Gasteiger partial charge >= 0.3 is 0 Å². The minimum absolute atomic E-state index is 0.0759. The topological polar surface area (TPSA) is 50.4 Å². The summed E-state index contributed by atoms with van der Waals surface area (Å²) in [5, 5.41) is 6.09. The molecule has 5 heteroatoms. The van der Waals surface area contributed by atoms with Crippen LogP contribution in [-0.4, -0.2) is 19.1 Å². The second-order valence-electron chi connectivity index (χ2n) is 5.13. The number of halogens is 1. The average Bonchev–Trinajstić information content (AvgIpc) is 2.55. The minimum Gasteiger partial charge on any atom is -0.494 e. The first-order chi connectivity index (χ1) is 11.1. The van der Waals surface area contributed by atoms with Gasteiger partial charge in [0.15, 0.2) is 0 Å². The third-order valence-corrected chi connectivity index (χ3v) is 4.11. The fraction of sp³-hybridized carbons (Fsp3) is 0.278. The number of hydrogen-bond acceptors (Lipinski definition) is 3. The average molecular weight is 377 g/mol. The Hall–Kier alpha value is -1.85. The van der Waals surface area contributed by atoms with E-state index in [1.807, 2.05) is 62.4 Å². The molecule has 1 atom stereocenters. The highest BCUT2D eigenvalue weighted by atomic mass is 79.9. The number of ether oxygens (including phenoxy) is 1. The number of carbonyl (C=O) groups is 1. The molecule has 0 saturated carbocycles. The number of carbonyl (C=O) groups excluding carboxylic acids is 1. The molecule has 1 amide bonds. The van der Waals surface area contributed by atoms with Crippen LogP contribution in [0.3, 0.4) is 0 Å². The molecule has 0 radical (unpaired) electrons. The summed E-state index contributed by atoms with van der Waals surface area (Å²) in [6, 6.07) is 15.4. The third kappa shape index (κ3) is 5.37. The number of amides is 1. The number of rotatable bonds is 7. The number of benzene rings is 2. The van der Waals surface area contributed by atoms with Gasteiger partial charge in [-0.25, -0.2) is 0 Å². The van der Waals surface area contributed by atoms with Gasteiger partial charge in [0.05, 0.1) is 13.2 Å². The second-order valence-corrected chi connectivity index (χ2v) is 5.98. The van der Waals surface area contributed by atoms with Crippen molar-refractivity contribution < 1.29 is 9.53 Å². The number of hydrogen-bond donors (Lipinski definition) is 2. The summed E-state index contributed by atoms with van der Waals surface area (Å²) in [4.78, 5) is 12.0. The van der Waals surface area contributed by atoms with E-state index in [0.717, 1.165) is 21.5 Å². The summed E-state index contributed by atoms with van der Waals surface area (Å²) in [5.74, 6) is 0.722. The highest BCUT2D eigenvalue weighted by Crippen LogP contribution is 2.22. The van der Waals surface area contributed by atoms with Crippen molar-refractivity contribution in [3.05, 3.63) is 58.6 Å². The molecule has 4 nitrogen and oxygen atoms in total. The normalized spacial score (nSPS) is 11.8. The molecule has 0 aromatic heterocycles. The molecular weight excluding hydrogens is 356 g/mol. The van der Waals surface area contributed by atoms with E-state index in [9.17, 15) is 4.79 Å². The van der Waals surface area contributed by atoms with Crippen molar-refractivity contribution in [2.45, 2.75) is 19.9 Å². The Labute approximate surface area is 145 Å². The van der Waals surface area contributed by atoms with Crippen molar-refractivity contribution in [3.8, 4) is 5.75 Å². The predicted molar refractivity (Wildman–Crippen MR) is 96.8 cm³/mol. The Morgan fingerprint density at radius 1 is 1.17 bits per heavy atom. The van der Waals surface area contributed by atoms with Crippen LogP contribution in [0.1, 0.15) is 25.5 Å². The van der Waals surface area contributed by atoms with Gasteiger partial charge in [0.1, 0.15) is 5.75 Å². The monoisotopic (exact) mass is 376 g/mol. The maximum absolute atomic E-state index is 12.0. The van der Waals surface area contributed by atoms with E-state index in [2.05, 4.69) is 26.6 Å². The number of nitrogens with one attached hydrogen (secondary N) is 2. The molecular formula is C18H21BrN2O2. The molecule has 0 fully saturated rings. The van der Waals surface area contributed by atoms with Gasteiger partial charge in [-0.1, -0.05) is 34.1 Å². The van der Waals surface area contributed by atoms with E-state index in [1.165, 1.54) is 0 Å². The van der Waals surface area contributed by atoms with Crippen LogP contribution in [0.25, 0.3) is 0 Å². The molecule has 0 spiro atoms. The molecule has 0 unspecified atom stereocenters. The van der Waals surface area contributed by atoms with Crippen LogP contribution in [0.2, 0.25) is 0 Å². The van der Waals surface area contributed by atoms with E-state index in [4.69, 9.17) is 4.74 Å². The fourth-order valence-corrected chi connectivity index (χ4v) is 2.82. The lowest BCUT2D eigenvalue weighted by Crippen LogP contribution is -2.30. The molecule has 23 heavy (non-hydrogen) atoms. The summed E-state index contributed by atoms with van der Waals surface area (Å²) < 4.78 is 6.41. The molecule has 0 aliphatic heterocycles. The first-order valence-corrected chi connectivity index (χ1v) is 8.40. The maximum atomic E-state index is 12.0. The first-order valence-electron chi connectivity index (χ1n) is 7.60. The van der Waals surface area contributed by atoms with Gasteiger partial charge in [0, 0.05) is 16.2 Å². The van der Waals surface area contributed by atoms with E-state index in [1.54, 1.807) is 0 Å². The first kappa shape index (κ1) is 17.5. The number of anilines is 1. The van der Waals surface area contributed by atoms with Crippen molar-refractivity contribution in [1.82, 2.24) is 5.32 Å². The zero-order valence-corrected chi connectivity index (χ0v) is 14.9. The minimum atomic E-state index is -0.0759. The zero-order valence-electron chi connectivity index (χ0n) is 13.3. The van der Waals surface area contributed by atoms with Crippen LogP contribution < -0.4 is 15.4 Å². The van der Waals surface area contributed by atoms with E-state index >= 15 is 0 Å². The standard InChI is InChI=1S/C18H21BrN2O2/c1-3-23-15-10-8-14(9-11-15)21-18(22)12-20-13(2)16-6-4-5-7-17(16)19/h4-11,13,20H,3,12H2,1-2H3,(H,21,22)/t13-/m1/s1. The fourth-order valence-electron chi connectivity index (χ4n) is 2.19. The second kappa shape index (κ2) is 8.70. The largest absolute Gasteiger partial charge is 0.494 e. The van der Waals surface area contributed by atoms with Crippen molar-refractivity contribution in [1.29, 1.82) is 0 Å². The zero-order chi connectivity index (χ0) is 16.7. The van der Waals surface area contributed by atoms with Crippen LogP contribution in [0.15, 0.2) is 53.0 Å². The summed E-state index contributed by atoms with van der Waals surface area (Å²) in [7, 11) is 0. The maximum Gasteiger partial charge on any atom is 0.238 e. The Balaban J connectivity index is 1.84. The third-order valence-electron chi connectivity index (χ3n) is 3.39. The van der Waals surface area contributed by atoms with Crippen molar-refractivity contribution in [3.63, 3.8) is 0 Å². The van der Waals surface area contributed by atoms with Crippen LogP contribution >= 0.6 is 15.9 Å². The van der Waals surface area contributed by atoms with Gasteiger partial charge in [-0.15, -0.1) is 0 Å². The highest BCUT2D eigenvalue weighted by molar-refractivity contribution is 9.10. The molecule has 0 saturated heterocycles. The summed E-state index contributed by atoms with van der Waals surface area (Å²) in [5.41, 5.74) is 1.88. The van der Waals surface area contributed by atoms with Crippen molar-refractivity contribution in [2.24, 2.45) is 0 Å². The van der Waals surface area contributed by atoms with Gasteiger partial charge in [-0.05, 0) is 49.7 Å². The van der Waals surface area contributed by atoms with Crippen LogP contribution in [0, 0.1) is 0 Å². The molecule has 2 aromatic carbocycles. The lowest BCUT2D eigenvalue weighted by atomic mass is 10.1. The Bertz CT molecular complexity index is 644. The molecule has 2 rings (SSSR count). The quantitative estimate of drug-likeness (QED) is 0.763. The van der Waals surface area contributed by atoms with Crippen molar-refractivity contribution >= 4 is 27.5 Å². The van der Waals surface area contributed by atoms with E-state index in [0.29, 0.717) is 6.61 Å². The van der Waals surface area contributed by atoms with Crippen LogP contribution in [0.5, 0.6) is 5.75 Å². The summed E-state index contributed by atoms with van der Waals surface area (Å²) in [6.45, 7) is 4.84. The molecule has 2 N–H and O–H groups in total. The SMILES string of the molecule is CCOc1ccc(NC(=O)CN[C@H](C)c2ccccc2Br)cc1. The summed E-state index contributed by atoms with van der Waals surface area (Å²) >= 11 is 3.52. The van der Waals surface area contributed by atoms with Gasteiger partial charge < -0.3 is 15.4 Å². The molecule has 2 aromatic rings. The van der Waals surface area contributed by atoms with Crippen LogP contribution in [0.4, 0.5) is 5.69 Å². The molecule has 122 valence electrons. The van der Waals surface area contributed by atoms with Gasteiger partial charge in [0.25, 0.3) is 0 Å². The predicted octanol–water partition coefficient (Wildman–Crippen LogP) is 4.14. The summed E-state index contributed by atoms with van der Waals surface area (Å²) in [6.07, 6.45) is 0. The molecule has 0 bridgehead atoms. The van der Waals surface area contributed by atoms with Gasteiger partial charge in [-0.2, -0.15) is 0 Å². The highest BCUT2D eigenvalue weighted by Gasteiger charge is 2.10. The molecule has 0 aliphatic rings. The van der Waals surface area contributed by atoms with Gasteiger partial charge in [-0.3, -0.25) is 4.79 Å². The van der Waals surface area contributed by atoms with Crippen LogP contribution in [-0.2, 0) is 4.79 Å². The Morgan fingerprint density at radius 2 is 1.87 bits per heavy atom. The lowest BCUT2D eigenvalue weighted by Gasteiger charge is -2.15. The Morgan fingerprint density at radius 3 is 2.52 bits per heavy atom. The van der Waals surface area contributed by atoms with E-state index < -0.39 is 0 Å². The molecule has 0 heterocycles. The van der Waals surface area contributed by atoms with Crippen molar-refractivity contribution in [2.75, 3.05) is 18.5 Å². The lowest BCUT2D eigenvalue weighted by molar-refractivity contribution is -0.115. The Kier molecular flexibility index (Phi) is 6.62. The molecule has 0 aliphatic carbocycles. The van der Waals surface area contributed by atoms with E-state index in [-0.39, 0.29) is 18.5 Å². The van der Waals surface area contributed by atoms with Gasteiger partial charge in [0.2, 0.25) is 5.91 Å².